The zero-order valence-electron chi connectivity index (χ0n) is 14.3. The molecule has 0 aliphatic rings. The Balaban J connectivity index is 1.77. The average Bonchev–Trinajstić information content (AvgIpc) is 2.63. The van der Waals surface area contributed by atoms with Crippen LogP contribution >= 0.6 is 0 Å². The van der Waals surface area contributed by atoms with E-state index in [0.717, 1.165) is 0 Å². The van der Waals surface area contributed by atoms with Crippen molar-refractivity contribution < 1.29 is 19.1 Å². The first-order valence-electron chi connectivity index (χ1n) is 8.16. The molecule has 0 saturated carbocycles. The highest BCUT2D eigenvalue weighted by atomic mass is 16.5. The van der Waals surface area contributed by atoms with Crippen LogP contribution in [0, 0.1) is 0 Å². The van der Waals surface area contributed by atoms with Crippen LogP contribution < -0.4 is 16.2 Å². The number of carbonyl (C=O) groups is 3. The number of ether oxygens (including phenoxy) is 1. The van der Waals surface area contributed by atoms with Crippen molar-refractivity contribution in [3.05, 3.63) is 40.4 Å². The second-order valence-corrected chi connectivity index (χ2v) is 5.42. The predicted molar refractivity (Wildman–Crippen MR) is 93.3 cm³/mol. The monoisotopic (exact) mass is 360 g/mol. The summed E-state index contributed by atoms with van der Waals surface area (Å²) in [6, 6.07) is 6.89. The molecule has 0 aliphatic heterocycles. The van der Waals surface area contributed by atoms with E-state index in [0.29, 0.717) is 23.3 Å². The van der Waals surface area contributed by atoms with Gasteiger partial charge in [0.2, 0.25) is 5.91 Å². The highest BCUT2D eigenvalue weighted by Gasteiger charge is 2.10. The number of amides is 2. The normalized spacial score (nSPS) is 10.3. The standard InChI is InChI=1S/C17H20N4O5/c1-2-18-14(22)9-19-15(23)10-26-16(24)8-7-13-20-12-6-4-3-5-11(12)17(25)21-13/h3-6H,2,7-10H2,1H3,(H,18,22)(H,19,23)(H,20,21,25). The van der Waals surface area contributed by atoms with Gasteiger partial charge in [-0.15, -0.1) is 0 Å². The SMILES string of the molecule is CCNC(=O)CNC(=O)COC(=O)CCc1nc2ccccc2c(=O)[nH]1. The number of H-pyrrole nitrogens is 1. The number of esters is 1. The summed E-state index contributed by atoms with van der Waals surface area (Å²) in [5.74, 6) is -1.12. The molecule has 9 nitrogen and oxygen atoms in total. The number of nitrogens with zero attached hydrogens (tertiary/aromatic N) is 1. The summed E-state index contributed by atoms with van der Waals surface area (Å²) in [5.41, 5.74) is 0.271. The lowest BCUT2D eigenvalue weighted by Gasteiger charge is -2.07. The number of aromatic amines is 1. The van der Waals surface area contributed by atoms with Crippen molar-refractivity contribution in [1.29, 1.82) is 0 Å². The van der Waals surface area contributed by atoms with Crippen LogP contribution in [0.15, 0.2) is 29.1 Å². The third kappa shape index (κ3) is 5.69. The third-order valence-electron chi connectivity index (χ3n) is 3.41. The van der Waals surface area contributed by atoms with E-state index in [1.165, 1.54) is 0 Å². The number of fused-ring (bicyclic) bond motifs is 1. The molecular weight excluding hydrogens is 340 g/mol. The van der Waals surface area contributed by atoms with E-state index in [4.69, 9.17) is 4.74 Å². The Morgan fingerprint density at radius 3 is 2.69 bits per heavy atom. The van der Waals surface area contributed by atoms with Crippen molar-refractivity contribution in [2.75, 3.05) is 19.7 Å². The van der Waals surface area contributed by atoms with Gasteiger partial charge in [0.25, 0.3) is 11.5 Å². The van der Waals surface area contributed by atoms with Crippen LogP contribution in [0.3, 0.4) is 0 Å². The lowest BCUT2D eigenvalue weighted by molar-refractivity contribution is -0.148. The molecule has 0 aliphatic carbocycles. The summed E-state index contributed by atoms with van der Waals surface area (Å²) in [6.45, 7) is 1.58. The molecule has 1 aromatic carbocycles. The summed E-state index contributed by atoms with van der Waals surface area (Å²) < 4.78 is 4.83. The molecular formula is C17H20N4O5. The number of aromatic nitrogens is 2. The molecule has 1 aromatic heterocycles. The molecule has 138 valence electrons. The summed E-state index contributed by atoms with van der Waals surface area (Å²) in [7, 11) is 0. The fourth-order valence-corrected chi connectivity index (χ4v) is 2.18. The molecule has 0 spiro atoms. The zero-order valence-corrected chi connectivity index (χ0v) is 14.3. The molecule has 0 radical (unpaired) electrons. The summed E-state index contributed by atoms with van der Waals surface area (Å²) in [6.07, 6.45) is 0.143. The summed E-state index contributed by atoms with van der Waals surface area (Å²) in [4.78, 5) is 53.2. The lowest BCUT2D eigenvalue weighted by Crippen LogP contribution is -2.38. The van der Waals surface area contributed by atoms with Crippen molar-refractivity contribution >= 4 is 28.7 Å². The van der Waals surface area contributed by atoms with Crippen molar-refractivity contribution in [3.63, 3.8) is 0 Å². The molecule has 3 N–H and O–H groups in total. The van der Waals surface area contributed by atoms with Gasteiger partial charge in [-0.25, -0.2) is 4.98 Å². The number of aryl methyl sites for hydroxylation is 1. The molecule has 0 atom stereocenters. The molecule has 2 amide bonds. The molecule has 0 fully saturated rings. The summed E-state index contributed by atoms with van der Waals surface area (Å²) >= 11 is 0. The van der Waals surface area contributed by atoms with E-state index in [9.17, 15) is 19.2 Å². The largest absolute Gasteiger partial charge is 0.456 e. The van der Waals surface area contributed by atoms with Gasteiger partial charge in [-0.2, -0.15) is 0 Å². The van der Waals surface area contributed by atoms with E-state index < -0.39 is 18.5 Å². The first-order valence-corrected chi connectivity index (χ1v) is 8.16. The van der Waals surface area contributed by atoms with Crippen LogP contribution in [-0.4, -0.2) is 47.4 Å². The van der Waals surface area contributed by atoms with Crippen LogP contribution in [0.4, 0.5) is 0 Å². The van der Waals surface area contributed by atoms with E-state index in [1.807, 2.05) is 0 Å². The minimum absolute atomic E-state index is 0.0368. The van der Waals surface area contributed by atoms with Crippen molar-refractivity contribution in [1.82, 2.24) is 20.6 Å². The Hall–Kier alpha value is -3.23. The van der Waals surface area contributed by atoms with Gasteiger partial charge in [0, 0.05) is 13.0 Å². The van der Waals surface area contributed by atoms with E-state index >= 15 is 0 Å². The first-order chi connectivity index (χ1) is 12.5. The lowest BCUT2D eigenvalue weighted by atomic mass is 10.2. The molecule has 0 saturated heterocycles. The highest BCUT2D eigenvalue weighted by Crippen LogP contribution is 2.06. The predicted octanol–water partition coefficient (Wildman–Crippen LogP) is -0.349. The molecule has 26 heavy (non-hydrogen) atoms. The fourth-order valence-electron chi connectivity index (χ4n) is 2.18. The number of nitrogens with one attached hydrogen (secondary N) is 3. The number of benzene rings is 1. The number of para-hydroxylation sites is 1. The minimum atomic E-state index is -0.603. The Bertz CT molecular complexity index is 862. The Morgan fingerprint density at radius 2 is 1.92 bits per heavy atom. The van der Waals surface area contributed by atoms with Crippen LogP contribution in [0.2, 0.25) is 0 Å². The Labute approximate surface area is 149 Å². The van der Waals surface area contributed by atoms with Crippen LogP contribution in [0.25, 0.3) is 10.9 Å². The van der Waals surface area contributed by atoms with Crippen molar-refractivity contribution in [2.45, 2.75) is 19.8 Å². The van der Waals surface area contributed by atoms with Gasteiger partial charge in [0.1, 0.15) is 5.82 Å². The fraction of sp³-hybridized carbons (Fsp3) is 0.353. The maximum absolute atomic E-state index is 11.9. The van der Waals surface area contributed by atoms with Crippen LogP contribution in [0.5, 0.6) is 0 Å². The molecule has 2 aromatic rings. The molecule has 9 heteroatoms. The van der Waals surface area contributed by atoms with Gasteiger partial charge in [-0.1, -0.05) is 12.1 Å². The highest BCUT2D eigenvalue weighted by molar-refractivity contribution is 5.86. The van der Waals surface area contributed by atoms with Crippen LogP contribution in [0.1, 0.15) is 19.2 Å². The van der Waals surface area contributed by atoms with Crippen molar-refractivity contribution in [3.8, 4) is 0 Å². The van der Waals surface area contributed by atoms with Crippen LogP contribution in [-0.2, 0) is 25.5 Å². The molecule has 0 unspecified atom stereocenters. The Kier molecular flexibility index (Phi) is 6.84. The van der Waals surface area contributed by atoms with Crippen molar-refractivity contribution in [2.24, 2.45) is 0 Å². The number of hydrogen-bond acceptors (Lipinski definition) is 6. The van der Waals surface area contributed by atoms with E-state index in [2.05, 4.69) is 20.6 Å². The topological polar surface area (TPSA) is 130 Å². The van der Waals surface area contributed by atoms with Gasteiger partial charge in [-0.05, 0) is 19.1 Å². The van der Waals surface area contributed by atoms with Gasteiger partial charge >= 0.3 is 5.97 Å². The second-order valence-electron chi connectivity index (χ2n) is 5.42. The molecule has 1 heterocycles. The quantitative estimate of drug-likeness (QED) is 0.552. The average molecular weight is 360 g/mol. The van der Waals surface area contributed by atoms with Gasteiger partial charge in [-0.3, -0.25) is 19.2 Å². The smallest absolute Gasteiger partial charge is 0.306 e. The Morgan fingerprint density at radius 1 is 1.15 bits per heavy atom. The number of rotatable bonds is 8. The maximum atomic E-state index is 11.9. The number of carbonyl (C=O) groups excluding carboxylic acids is 3. The van der Waals surface area contributed by atoms with E-state index in [-0.39, 0.29) is 30.9 Å². The zero-order chi connectivity index (χ0) is 18.9. The van der Waals surface area contributed by atoms with E-state index in [1.54, 1.807) is 31.2 Å². The number of likely N-dealkylation sites (N-methyl/N-ethyl adjacent to an activating group) is 1. The van der Waals surface area contributed by atoms with Gasteiger partial charge < -0.3 is 20.4 Å². The second kappa shape index (κ2) is 9.30. The summed E-state index contributed by atoms with van der Waals surface area (Å²) in [5, 5.41) is 5.33. The maximum Gasteiger partial charge on any atom is 0.306 e. The molecule has 0 bridgehead atoms. The van der Waals surface area contributed by atoms with Gasteiger partial charge in [0.15, 0.2) is 6.61 Å². The van der Waals surface area contributed by atoms with Gasteiger partial charge in [0.05, 0.1) is 23.9 Å². The molecule has 2 rings (SSSR count). The first kappa shape index (κ1) is 19.1. The minimum Gasteiger partial charge on any atom is -0.456 e. The third-order valence-corrected chi connectivity index (χ3v) is 3.41. The number of hydrogen-bond donors (Lipinski definition) is 3.